The van der Waals surface area contributed by atoms with Crippen molar-refractivity contribution in [2.75, 3.05) is 0 Å². The number of rotatable bonds is 2. The van der Waals surface area contributed by atoms with Gasteiger partial charge in [-0.2, -0.15) is 0 Å². The molecule has 2 rings (SSSR count). The summed E-state index contributed by atoms with van der Waals surface area (Å²) in [6.45, 7) is 4.28. The van der Waals surface area contributed by atoms with Crippen LogP contribution in [0.15, 0.2) is 41.5 Å². The van der Waals surface area contributed by atoms with Gasteiger partial charge in [0.15, 0.2) is 0 Å². The topological polar surface area (TPSA) is 37.8 Å². The lowest BCUT2D eigenvalue weighted by Gasteiger charge is -2.07. The van der Waals surface area contributed by atoms with Crippen LogP contribution in [-0.2, 0) is 0 Å². The first-order valence-corrected chi connectivity index (χ1v) is 5.05. The van der Waals surface area contributed by atoms with Crippen molar-refractivity contribution >= 4 is 0 Å². The molecule has 3 nitrogen and oxygen atoms in total. The number of aromatic amines is 1. The van der Waals surface area contributed by atoms with E-state index in [1.807, 2.05) is 18.2 Å². The molecule has 0 amide bonds. The average molecular weight is 202 g/mol. The maximum atomic E-state index is 11.4. The molecule has 0 saturated carbocycles. The molecule has 0 radical (unpaired) electrons. The van der Waals surface area contributed by atoms with Crippen LogP contribution in [0.4, 0.5) is 0 Å². The summed E-state index contributed by atoms with van der Waals surface area (Å²) in [7, 11) is 0. The number of hydrogen-bond acceptors (Lipinski definition) is 1. The van der Waals surface area contributed by atoms with E-state index in [9.17, 15) is 4.79 Å². The van der Waals surface area contributed by atoms with Gasteiger partial charge in [-0.25, -0.2) is 4.79 Å². The number of imidazole rings is 1. The first-order valence-electron chi connectivity index (χ1n) is 5.05. The van der Waals surface area contributed by atoms with Crippen molar-refractivity contribution < 1.29 is 0 Å². The molecule has 0 aliphatic heterocycles. The van der Waals surface area contributed by atoms with Gasteiger partial charge in [-0.3, -0.25) is 4.57 Å². The molecule has 0 saturated heterocycles. The lowest BCUT2D eigenvalue weighted by atomic mass is 10.0. The molecule has 3 heteroatoms. The minimum atomic E-state index is -0.101. The van der Waals surface area contributed by atoms with Gasteiger partial charge < -0.3 is 4.98 Å². The Morgan fingerprint density at radius 3 is 2.73 bits per heavy atom. The normalized spacial score (nSPS) is 10.9. The fourth-order valence-corrected chi connectivity index (χ4v) is 1.56. The van der Waals surface area contributed by atoms with Crippen molar-refractivity contribution in [2.45, 2.75) is 19.8 Å². The fourth-order valence-electron chi connectivity index (χ4n) is 1.56. The summed E-state index contributed by atoms with van der Waals surface area (Å²) in [4.78, 5) is 14.0. The number of H-pyrrole nitrogens is 1. The Bertz CT molecular complexity index is 508. The van der Waals surface area contributed by atoms with Gasteiger partial charge in [0.2, 0.25) is 0 Å². The largest absolute Gasteiger partial charge is 0.330 e. The molecule has 1 aromatic carbocycles. The Hall–Kier alpha value is -1.77. The monoisotopic (exact) mass is 202 g/mol. The van der Waals surface area contributed by atoms with Crippen molar-refractivity contribution in [3.8, 4) is 5.69 Å². The van der Waals surface area contributed by atoms with E-state index in [4.69, 9.17) is 0 Å². The zero-order valence-electron chi connectivity index (χ0n) is 8.90. The van der Waals surface area contributed by atoms with Crippen molar-refractivity contribution in [1.82, 2.24) is 9.55 Å². The molecular weight excluding hydrogens is 188 g/mol. The molecule has 0 aliphatic carbocycles. The highest BCUT2D eigenvalue weighted by molar-refractivity contribution is 5.36. The second-order valence-corrected chi connectivity index (χ2v) is 3.88. The van der Waals surface area contributed by atoms with Gasteiger partial charge in [-0.05, 0) is 23.6 Å². The third-order valence-electron chi connectivity index (χ3n) is 2.46. The van der Waals surface area contributed by atoms with E-state index >= 15 is 0 Å². The zero-order valence-corrected chi connectivity index (χ0v) is 8.90. The first-order chi connectivity index (χ1) is 7.18. The Morgan fingerprint density at radius 1 is 1.33 bits per heavy atom. The summed E-state index contributed by atoms with van der Waals surface area (Å²) in [5, 5.41) is 0. The van der Waals surface area contributed by atoms with Crippen molar-refractivity contribution in [1.29, 1.82) is 0 Å². The standard InChI is InChI=1S/C12H14N2O/c1-9(2)10-4-3-5-11(8-10)14-7-6-13-12(14)15/h3-9H,1-2H3,(H,13,15). The third kappa shape index (κ3) is 1.86. The highest BCUT2D eigenvalue weighted by Crippen LogP contribution is 2.16. The van der Waals surface area contributed by atoms with Crippen LogP contribution in [0.1, 0.15) is 25.3 Å². The molecule has 1 aromatic heterocycles. The predicted molar refractivity (Wildman–Crippen MR) is 60.5 cm³/mol. The molecule has 15 heavy (non-hydrogen) atoms. The molecule has 0 spiro atoms. The lowest BCUT2D eigenvalue weighted by Crippen LogP contribution is -2.14. The van der Waals surface area contributed by atoms with Gasteiger partial charge in [0.1, 0.15) is 0 Å². The highest BCUT2D eigenvalue weighted by Gasteiger charge is 2.03. The Labute approximate surface area is 88.4 Å². The minimum absolute atomic E-state index is 0.101. The molecule has 1 N–H and O–H groups in total. The summed E-state index contributed by atoms with van der Waals surface area (Å²) >= 11 is 0. The maximum absolute atomic E-state index is 11.4. The van der Waals surface area contributed by atoms with E-state index < -0.39 is 0 Å². The van der Waals surface area contributed by atoms with Gasteiger partial charge in [0.05, 0.1) is 5.69 Å². The molecular formula is C12H14N2O. The van der Waals surface area contributed by atoms with Crippen LogP contribution in [-0.4, -0.2) is 9.55 Å². The van der Waals surface area contributed by atoms with Gasteiger partial charge >= 0.3 is 5.69 Å². The van der Waals surface area contributed by atoms with Crippen LogP contribution >= 0.6 is 0 Å². The van der Waals surface area contributed by atoms with Crippen LogP contribution in [0.25, 0.3) is 5.69 Å². The fraction of sp³-hybridized carbons (Fsp3) is 0.250. The molecule has 1 heterocycles. The van der Waals surface area contributed by atoms with Gasteiger partial charge in [0, 0.05) is 12.4 Å². The quantitative estimate of drug-likeness (QED) is 0.797. The van der Waals surface area contributed by atoms with E-state index in [1.54, 1.807) is 17.0 Å². The number of hydrogen-bond donors (Lipinski definition) is 1. The highest BCUT2D eigenvalue weighted by atomic mass is 16.1. The van der Waals surface area contributed by atoms with Crippen LogP contribution in [0.2, 0.25) is 0 Å². The average Bonchev–Trinajstić information content (AvgIpc) is 2.64. The van der Waals surface area contributed by atoms with Crippen molar-refractivity contribution in [3.63, 3.8) is 0 Å². The minimum Gasteiger partial charge on any atom is -0.312 e. The van der Waals surface area contributed by atoms with Crippen LogP contribution in [0.5, 0.6) is 0 Å². The molecule has 0 atom stereocenters. The Kier molecular flexibility index (Phi) is 2.46. The summed E-state index contributed by atoms with van der Waals surface area (Å²) in [6, 6.07) is 8.02. The number of benzene rings is 1. The number of nitrogens with one attached hydrogen (secondary N) is 1. The van der Waals surface area contributed by atoms with E-state index in [0.29, 0.717) is 5.92 Å². The number of aromatic nitrogens is 2. The van der Waals surface area contributed by atoms with Crippen LogP contribution in [0, 0.1) is 0 Å². The Balaban J connectivity index is 2.50. The van der Waals surface area contributed by atoms with E-state index in [1.165, 1.54) is 5.56 Å². The molecule has 0 unspecified atom stereocenters. The third-order valence-corrected chi connectivity index (χ3v) is 2.46. The Morgan fingerprint density at radius 2 is 2.13 bits per heavy atom. The number of nitrogens with zero attached hydrogens (tertiary/aromatic N) is 1. The van der Waals surface area contributed by atoms with E-state index in [0.717, 1.165) is 5.69 Å². The molecule has 2 aromatic rings. The lowest BCUT2D eigenvalue weighted by molar-refractivity contribution is 0.860. The summed E-state index contributed by atoms with van der Waals surface area (Å²) in [5.74, 6) is 0.472. The maximum Gasteiger partial charge on any atom is 0.330 e. The molecule has 0 fully saturated rings. The second-order valence-electron chi connectivity index (χ2n) is 3.88. The van der Waals surface area contributed by atoms with Crippen LogP contribution < -0.4 is 5.69 Å². The summed E-state index contributed by atoms with van der Waals surface area (Å²) < 4.78 is 1.60. The van der Waals surface area contributed by atoms with Gasteiger partial charge in [-0.1, -0.05) is 26.0 Å². The van der Waals surface area contributed by atoms with Crippen molar-refractivity contribution in [2.24, 2.45) is 0 Å². The summed E-state index contributed by atoms with van der Waals surface area (Å²) in [6.07, 6.45) is 3.38. The zero-order chi connectivity index (χ0) is 10.8. The van der Waals surface area contributed by atoms with Crippen LogP contribution in [0.3, 0.4) is 0 Å². The second kappa shape index (κ2) is 3.77. The van der Waals surface area contributed by atoms with E-state index in [-0.39, 0.29) is 5.69 Å². The van der Waals surface area contributed by atoms with Gasteiger partial charge in [-0.15, -0.1) is 0 Å². The van der Waals surface area contributed by atoms with Crippen molar-refractivity contribution in [3.05, 3.63) is 52.7 Å². The molecule has 0 bridgehead atoms. The molecule has 0 aliphatic rings. The predicted octanol–water partition coefficient (Wildman–Crippen LogP) is 2.29. The smallest absolute Gasteiger partial charge is 0.312 e. The summed E-state index contributed by atoms with van der Waals surface area (Å²) in [5.41, 5.74) is 2.05. The van der Waals surface area contributed by atoms with Gasteiger partial charge in [0.25, 0.3) is 0 Å². The SMILES string of the molecule is CC(C)c1cccc(-n2cc[nH]c2=O)c1. The first kappa shape index (κ1) is 9.77. The van der Waals surface area contributed by atoms with E-state index in [2.05, 4.69) is 24.9 Å². The molecule has 78 valence electrons.